The Morgan fingerprint density at radius 3 is 2.27 bits per heavy atom. The Kier molecular flexibility index (Phi) is 5.13. The molecule has 7 heteroatoms. The minimum absolute atomic E-state index is 0.332. The molecule has 2 rings (SSSR count). The predicted molar refractivity (Wildman–Crippen MR) is 81.5 cm³/mol. The average Bonchev–Trinajstić information content (AvgIpc) is 2.47. The van der Waals surface area contributed by atoms with Gasteiger partial charge in [0.15, 0.2) is 5.82 Å². The molecule has 0 aliphatic heterocycles. The van der Waals surface area contributed by atoms with Crippen LogP contribution in [-0.4, -0.2) is 34.4 Å². The van der Waals surface area contributed by atoms with Gasteiger partial charge < -0.3 is 14.6 Å². The molecule has 0 radical (unpaired) electrons. The highest BCUT2D eigenvalue weighted by atomic mass is 16.5. The molecule has 2 aromatic rings. The molecular formula is C15H17N3O4. The van der Waals surface area contributed by atoms with E-state index in [1.807, 2.05) is 13.8 Å². The molecule has 0 aliphatic rings. The number of amides is 1. The van der Waals surface area contributed by atoms with Gasteiger partial charge in [0.1, 0.15) is 0 Å². The lowest BCUT2D eigenvalue weighted by molar-refractivity contribution is 0.210. The zero-order valence-corrected chi connectivity index (χ0v) is 12.4. The van der Waals surface area contributed by atoms with E-state index in [1.165, 1.54) is 0 Å². The number of nitrogens with one attached hydrogen (secondary N) is 1. The van der Waals surface area contributed by atoms with Crippen LogP contribution in [0, 0.1) is 0 Å². The molecule has 1 amide bonds. The van der Waals surface area contributed by atoms with Crippen molar-refractivity contribution in [1.82, 2.24) is 9.97 Å². The van der Waals surface area contributed by atoms with E-state index in [1.54, 1.807) is 30.3 Å². The molecule has 0 fully saturated rings. The standard InChI is InChI=1S/C15H17N3O4/c1-3-21-12-9-13(22-4-2)18-14(17-12)10-7-5-6-8-11(10)16-15(19)20/h5-9,16H,3-4H2,1-2H3,(H,19,20). The Bertz CT molecular complexity index is 637. The van der Waals surface area contributed by atoms with Crippen LogP contribution in [0.25, 0.3) is 11.4 Å². The van der Waals surface area contributed by atoms with E-state index in [0.29, 0.717) is 42.0 Å². The Labute approximate surface area is 127 Å². The molecule has 2 N–H and O–H groups in total. The van der Waals surface area contributed by atoms with Crippen LogP contribution in [0.3, 0.4) is 0 Å². The highest BCUT2D eigenvalue weighted by molar-refractivity contribution is 5.89. The molecule has 0 spiro atoms. The van der Waals surface area contributed by atoms with Crippen molar-refractivity contribution < 1.29 is 19.4 Å². The topological polar surface area (TPSA) is 93.6 Å². The van der Waals surface area contributed by atoms with E-state index in [9.17, 15) is 4.79 Å². The van der Waals surface area contributed by atoms with Gasteiger partial charge in [-0.05, 0) is 26.0 Å². The third kappa shape index (κ3) is 3.85. The van der Waals surface area contributed by atoms with Crippen molar-refractivity contribution in [3.8, 4) is 23.1 Å². The number of rotatable bonds is 6. The Hall–Kier alpha value is -2.83. The molecule has 22 heavy (non-hydrogen) atoms. The van der Waals surface area contributed by atoms with E-state index >= 15 is 0 Å². The number of carboxylic acid groups (broad SMARTS) is 1. The van der Waals surface area contributed by atoms with Crippen LogP contribution in [0.4, 0.5) is 10.5 Å². The number of ether oxygens (including phenoxy) is 2. The quantitative estimate of drug-likeness (QED) is 0.852. The second-order valence-electron chi connectivity index (χ2n) is 4.21. The van der Waals surface area contributed by atoms with Crippen molar-refractivity contribution >= 4 is 11.8 Å². The van der Waals surface area contributed by atoms with Gasteiger partial charge in [-0.15, -0.1) is 0 Å². The van der Waals surface area contributed by atoms with Crippen LogP contribution >= 0.6 is 0 Å². The molecule has 0 saturated heterocycles. The van der Waals surface area contributed by atoms with Crippen LogP contribution < -0.4 is 14.8 Å². The summed E-state index contributed by atoms with van der Waals surface area (Å²) >= 11 is 0. The number of nitrogens with zero attached hydrogens (tertiary/aromatic N) is 2. The summed E-state index contributed by atoms with van der Waals surface area (Å²) in [6.07, 6.45) is -1.15. The molecule has 116 valence electrons. The minimum atomic E-state index is -1.15. The largest absolute Gasteiger partial charge is 0.478 e. The van der Waals surface area contributed by atoms with Gasteiger partial charge in [0, 0.05) is 5.56 Å². The fraction of sp³-hybridized carbons (Fsp3) is 0.267. The van der Waals surface area contributed by atoms with Crippen LogP contribution in [-0.2, 0) is 0 Å². The summed E-state index contributed by atoms with van der Waals surface area (Å²) in [6.45, 7) is 4.61. The van der Waals surface area contributed by atoms with E-state index in [0.717, 1.165) is 0 Å². The van der Waals surface area contributed by atoms with Crippen LogP contribution in [0.15, 0.2) is 30.3 Å². The maximum absolute atomic E-state index is 10.9. The van der Waals surface area contributed by atoms with E-state index in [2.05, 4.69) is 15.3 Å². The lowest BCUT2D eigenvalue weighted by atomic mass is 10.1. The minimum Gasteiger partial charge on any atom is -0.478 e. The number of carbonyl (C=O) groups is 1. The fourth-order valence-electron chi connectivity index (χ4n) is 1.87. The van der Waals surface area contributed by atoms with E-state index < -0.39 is 6.09 Å². The lowest BCUT2D eigenvalue weighted by Gasteiger charge is -2.11. The van der Waals surface area contributed by atoms with Gasteiger partial charge in [0.05, 0.1) is 25.0 Å². The van der Waals surface area contributed by atoms with Crippen molar-refractivity contribution in [2.75, 3.05) is 18.5 Å². The van der Waals surface area contributed by atoms with Gasteiger partial charge >= 0.3 is 6.09 Å². The average molecular weight is 303 g/mol. The molecule has 0 atom stereocenters. The SMILES string of the molecule is CCOc1cc(OCC)nc(-c2ccccc2NC(=O)O)n1. The van der Waals surface area contributed by atoms with Gasteiger partial charge in [0.2, 0.25) is 11.8 Å². The Balaban J connectivity index is 2.48. The van der Waals surface area contributed by atoms with Gasteiger partial charge in [-0.3, -0.25) is 5.32 Å². The molecule has 7 nitrogen and oxygen atoms in total. The summed E-state index contributed by atoms with van der Waals surface area (Å²) in [5.41, 5.74) is 0.943. The first-order chi connectivity index (χ1) is 10.6. The summed E-state index contributed by atoms with van der Waals surface area (Å²) in [5.74, 6) is 1.08. The van der Waals surface area contributed by atoms with Crippen LogP contribution in [0.1, 0.15) is 13.8 Å². The third-order valence-electron chi connectivity index (χ3n) is 2.67. The molecule has 0 aliphatic carbocycles. The normalized spacial score (nSPS) is 10.1. The van der Waals surface area contributed by atoms with Crippen molar-refractivity contribution in [2.24, 2.45) is 0 Å². The number of aromatic nitrogens is 2. The fourth-order valence-corrected chi connectivity index (χ4v) is 1.87. The van der Waals surface area contributed by atoms with Gasteiger partial charge in [-0.2, -0.15) is 9.97 Å². The summed E-state index contributed by atoms with van der Waals surface area (Å²) in [5, 5.41) is 11.2. The first kappa shape index (κ1) is 15.6. The van der Waals surface area contributed by atoms with Crippen molar-refractivity contribution in [1.29, 1.82) is 0 Å². The highest BCUT2D eigenvalue weighted by Crippen LogP contribution is 2.28. The molecule has 0 bridgehead atoms. The van der Waals surface area contributed by atoms with Gasteiger partial charge in [-0.25, -0.2) is 4.79 Å². The molecule has 1 aromatic heterocycles. The lowest BCUT2D eigenvalue weighted by Crippen LogP contribution is -2.09. The van der Waals surface area contributed by atoms with E-state index in [4.69, 9.17) is 14.6 Å². The summed E-state index contributed by atoms with van der Waals surface area (Å²) < 4.78 is 10.8. The van der Waals surface area contributed by atoms with Crippen molar-refractivity contribution in [3.63, 3.8) is 0 Å². The summed E-state index contributed by atoms with van der Waals surface area (Å²) in [6, 6.07) is 8.47. The monoisotopic (exact) mass is 303 g/mol. The first-order valence-corrected chi connectivity index (χ1v) is 6.88. The van der Waals surface area contributed by atoms with Crippen molar-refractivity contribution in [2.45, 2.75) is 13.8 Å². The number of hydrogen-bond acceptors (Lipinski definition) is 5. The number of benzene rings is 1. The second kappa shape index (κ2) is 7.26. The van der Waals surface area contributed by atoms with Crippen LogP contribution in [0.5, 0.6) is 11.8 Å². The number of para-hydroxylation sites is 1. The molecule has 0 unspecified atom stereocenters. The van der Waals surface area contributed by atoms with E-state index in [-0.39, 0.29) is 0 Å². The molecule has 1 heterocycles. The maximum atomic E-state index is 10.9. The highest BCUT2D eigenvalue weighted by Gasteiger charge is 2.13. The smallest absolute Gasteiger partial charge is 0.409 e. The number of hydrogen-bond donors (Lipinski definition) is 2. The summed E-state index contributed by atoms with van der Waals surface area (Å²) in [7, 11) is 0. The van der Waals surface area contributed by atoms with Crippen molar-refractivity contribution in [3.05, 3.63) is 30.3 Å². The second-order valence-corrected chi connectivity index (χ2v) is 4.21. The Morgan fingerprint density at radius 1 is 1.14 bits per heavy atom. The third-order valence-corrected chi connectivity index (χ3v) is 2.67. The zero-order chi connectivity index (χ0) is 15.9. The van der Waals surface area contributed by atoms with Gasteiger partial charge in [-0.1, -0.05) is 12.1 Å². The number of anilines is 1. The van der Waals surface area contributed by atoms with Gasteiger partial charge in [0.25, 0.3) is 0 Å². The van der Waals surface area contributed by atoms with Crippen LogP contribution in [0.2, 0.25) is 0 Å². The molecular weight excluding hydrogens is 286 g/mol. The zero-order valence-electron chi connectivity index (χ0n) is 12.4. The first-order valence-electron chi connectivity index (χ1n) is 6.88. The summed E-state index contributed by atoms with van der Waals surface area (Å²) in [4.78, 5) is 19.5. The predicted octanol–water partition coefficient (Wildman–Crippen LogP) is 3.03. The maximum Gasteiger partial charge on any atom is 0.409 e. The molecule has 0 saturated carbocycles. The molecule has 1 aromatic carbocycles. The Morgan fingerprint density at radius 2 is 1.73 bits per heavy atom.